The van der Waals surface area contributed by atoms with Gasteiger partial charge in [0.15, 0.2) is 5.82 Å². The first-order valence-electron chi connectivity index (χ1n) is 5.86. The van der Waals surface area contributed by atoms with Gasteiger partial charge in [-0.3, -0.25) is 0 Å². The largest absolute Gasteiger partial charge is 0.377 e. The number of benzene rings is 1. The molecule has 0 fully saturated rings. The minimum Gasteiger partial charge on any atom is -0.377 e. The molecule has 1 unspecified atom stereocenters. The fraction of sp³-hybridized carbons (Fsp3) is 0.385. The third-order valence-electron chi connectivity index (χ3n) is 2.71. The molecule has 0 aliphatic rings. The van der Waals surface area contributed by atoms with Crippen molar-refractivity contribution in [3.8, 4) is 0 Å². The fourth-order valence-electron chi connectivity index (χ4n) is 1.81. The standard InChI is InChI=1S/C13H17N3O2/c1-14-11(10-6-4-3-5-7-10)8-13-15-12(9-17-2)16-18-13/h3-7,11,14H,8-9H2,1-2H3. The SMILES string of the molecule is CNC(Cc1nc(COC)no1)c1ccccc1. The first-order valence-corrected chi connectivity index (χ1v) is 5.86. The number of nitrogens with zero attached hydrogens (tertiary/aromatic N) is 2. The van der Waals surface area contributed by atoms with Gasteiger partial charge in [0, 0.05) is 19.6 Å². The number of methoxy groups -OCH3 is 1. The van der Waals surface area contributed by atoms with Crippen LogP contribution in [0.25, 0.3) is 0 Å². The highest BCUT2D eigenvalue weighted by Gasteiger charge is 2.14. The van der Waals surface area contributed by atoms with E-state index in [1.807, 2.05) is 25.2 Å². The van der Waals surface area contributed by atoms with E-state index in [2.05, 4.69) is 27.6 Å². The van der Waals surface area contributed by atoms with Gasteiger partial charge in [-0.25, -0.2) is 0 Å². The molecular weight excluding hydrogens is 230 g/mol. The van der Waals surface area contributed by atoms with Gasteiger partial charge in [0.1, 0.15) is 6.61 Å². The first kappa shape index (κ1) is 12.7. The van der Waals surface area contributed by atoms with Crippen LogP contribution in [-0.2, 0) is 17.8 Å². The number of rotatable bonds is 6. The Morgan fingerprint density at radius 2 is 2.11 bits per heavy atom. The second-order valence-corrected chi connectivity index (χ2v) is 3.99. The molecule has 0 amide bonds. The summed E-state index contributed by atoms with van der Waals surface area (Å²) in [6, 6.07) is 10.4. The Hall–Kier alpha value is -1.72. The summed E-state index contributed by atoms with van der Waals surface area (Å²) in [5, 5.41) is 7.10. The molecule has 0 aliphatic carbocycles. The minimum absolute atomic E-state index is 0.169. The van der Waals surface area contributed by atoms with Crippen LogP contribution >= 0.6 is 0 Å². The van der Waals surface area contributed by atoms with Crippen LogP contribution in [0.1, 0.15) is 23.3 Å². The molecule has 0 saturated carbocycles. The van der Waals surface area contributed by atoms with Crippen LogP contribution in [-0.4, -0.2) is 24.3 Å². The first-order chi connectivity index (χ1) is 8.83. The molecule has 1 aromatic carbocycles. The molecule has 5 nitrogen and oxygen atoms in total. The summed E-state index contributed by atoms with van der Waals surface area (Å²) < 4.78 is 10.1. The number of hydrogen-bond acceptors (Lipinski definition) is 5. The van der Waals surface area contributed by atoms with Gasteiger partial charge in [0.25, 0.3) is 0 Å². The number of nitrogens with one attached hydrogen (secondary N) is 1. The van der Waals surface area contributed by atoms with Crippen molar-refractivity contribution >= 4 is 0 Å². The Kier molecular flexibility index (Phi) is 4.44. The van der Waals surface area contributed by atoms with Gasteiger partial charge in [0.2, 0.25) is 5.89 Å². The smallest absolute Gasteiger partial charge is 0.228 e. The van der Waals surface area contributed by atoms with E-state index in [-0.39, 0.29) is 6.04 Å². The molecule has 2 rings (SSSR count). The Morgan fingerprint density at radius 1 is 1.33 bits per heavy atom. The average Bonchev–Trinajstić information content (AvgIpc) is 2.85. The normalized spacial score (nSPS) is 12.6. The van der Waals surface area contributed by atoms with Gasteiger partial charge >= 0.3 is 0 Å². The van der Waals surface area contributed by atoms with Crippen molar-refractivity contribution < 1.29 is 9.26 Å². The van der Waals surface area contributed by atoms with E-state index in [0.717, 1.165) is 0 Å². The van der Waals surface area contributed by atoms with Gasteiger partial charge in [-0.15, -0.1) is 0 Å². The van der Waals surface area contributed by atoms with Crippen LogP contribution in [0.4, 0.5) is 0 Å². The number of aromatic nitrogens is 2. The lowest BCUT2D eigenvalue weighted by Crippen LogP contribution is -2.18. The van der Waals surface area contributed by atoms with E-state index in [0.29, 0.717) is 24.7 Å². The molecule has 0 bridgehead atoms. The predicted molar refractivity (Wildman–Crippen MR) is 67.0 cm³/mol. The second kappa shape index (κ2) is 6.28. The van der Waals surface area contributed by atoms with Crippen LogP contribution in [0.5, 0.6) is 0 Å². The van der Waals surface area contributed by atoms with Crippen molar-refractivity contribution in [3.05, 3.63) is 47.6 Å². The number of likely N-dealkylation sites (N-methyl/N-ethyl adjacent to an activating group) is 1. The average molecular weight is 247 g/mol. The molecule has 1 atom stereocenters. The molecule has 0 spiro atoms. The zero-order valence-electron chi connectivity index (χ0n) is 10.6. The van der Waals surface area contributed by atoms with Gasteiger partial charge in [0.05, 0.1) is 0 Å². The number of hydrogen-bond donors (Lipinski definition) is 1. The molecular formula is C13H17N3O2. The Morgan fingerprint density at radius 3 is 2.78 bits per heavy atom. The van der Waals surface area contributed by atoms with Crippen LogP contribution in [0, 0.1) is 0 Å². The molecule has 0 aliphatic heterocycles. The summed E-state index contributed by atoms with van der Waals surface area (Å²) in [6.07, 6.45) is 0.664. The molecule has 18 heavy (non-hydrogen) atoms. The predicted octanol–water partition coefficient (Wildman–Crippen LogP) is 1.72. The summed E-state index contributed by atoms with van der Waals surface area (Å²) >= 11 is 0. The van der Waals surface area contributed by atoms with Crippen molar-refractivity contribution in [1.82, 2.24) is 15.5 Å². The van der Waals surface area contributed by atoms with Crippen molar-refractivity contribution in [2.75, 3.05) is 14.2 Å². The van der Waals surface area contributed by atoms with Crippen molar-refractivity contribution in [2.45, 2.75) is 19.1 Å². The van der Waals surface area contributed by atoms with Gasteiger partial charge in [-0.1, -0.05) is 35.5 Å². The van der Waals surface area contributed by atoms with E-state index in [9.17, 15) is 0 Å². The number of ether oxygens (including phenoxy) is 1. The van der Waals surface area contributed by atoms with E-state index < -0.39 is 0 Å². The monoisotopic (exact) mass is 247 g/mol. The Bertz CT molecular complexity index is 470. The molecule has 2 aromatic rings. The van der Waals surface area contributed by atoms with Crippen LogP contribution in [0.3, 0.4) is 0 Å². The summed E-state index contributed by atoms with van der Waals surface area (Å²) in [4.78, 5) is 4.27. The van der Waals surface area contributed by atoms with Gasteiger partial charge in [-0.2, -0.15) is 4.98 Å². The molecule has 1 N–H and O–H groups in total. The van der Waals surface area contributed by atoms with Gasteiger partial charge < -0.3 is 14.6 Å². The highest BCUT2D eigenvalue weighted by atomic mass is 16.5. The third kappa shape index (κ3) is 3.15. The van der Waals surface area contributed by atoms with Crippen molar-refractivity contribution in [2.24, 2.45) is 0 Å². The van der Waals surface area contributed by atoms with E-state index in [1.165, 1.54) is 5.56 Å². The third-order valence-corrected chi connectivity index (χ3v) is 2.71. The molecule has 5 heteroatoms. The molecule has 0 radical (unpaired) electrons. The highest BCUT2D eigenvalue weighted by molar-refractivity contribution is 5.19. The maximum absolute atomic E-state index is 5.19. The zero-order valence-corrected chi connectivity index (χ0v) is 10.6. The van der Waals surface area contributed by atoms with E-state index in [1.54, 1.807) is 7.11 Å². The topological polar surface area (TPSA) is 60.2 Å². The molecule has 1 aromatic heterocycles. The van der Waals surface area contributed by atoms with Crippen LogP contribution < -0.4 is 5.32 Å². The lowest BCUT2D eigenvalue weighted by atomic mass is 10.0. The summed E-state index contributed by atoms with van der Waals surface area (Å²) in [5.74, 6) is 1.20. The minimum atomic E-state index is 0.169. The lowest BCUT2D eigenvalue weighted by Gasteiger charge is -2.13. The Balaban J connectivity index is 2.06. The summed E-state index contributed by atoms with van der Waals surface area (Å²) in [5.41, 5.74) is 1.20. The fourth-order valence-corrected chi connectivity index (χ4v) is 1.81. The lowest BCUT2D eigenvalue weighted by molar-refractivity contribution is 0.174. The zero-order chi connectivity index (χ0) is 12.8. The molecule has 96 valence electrons. The maximum Gasteiger partial charge on any atom is 0.228 e. The van der Waals surface area contributed by atoms with Crippen molar-refractivity contribution in [1.29, 1.82) is 0 Å². The summed E-state index contributed by atoms with van der Waals surface area (Å²) in [6.45, 7) is 0.374. The maximum atomic E-state index is 5.19. The van der Waals surface area contributed by atoms with E-state index >= 15 is 0 Å². The van der Waals surface area contributed by atoms with Crippen molar-refractivity contribution in [3.63, 3.8) is 0 Å². The molecule has 1 heterocycles. The van der Waals surface area contributed by atoms with E-state index in [4.69, 9.17) is 9.26 Å². The highest BCUT2D eigenvalue weighted by Crippen LogP contribution is 2.16. The summed E-state index contributed by atoms with van der Waals surface area (Å²) in [7, 11) is 3.53. The second-order valence-electron chi connectivity index (χ2n) is 3.99. The van der Waals surface area contributed by atoms with Crippen LogP contribution in [0.2, 0.25) is 0 Å². The van der Waals surface area contributed by atoms with Crippen LogP contribution in [0.15, 0.2) is 34.9 Å². The Labute approximate surface area is 106 Å². The molecule has 0 saturated heterocycles. The van der Waals surface area contributed by atoms with Gasteiger partial charge in [-0.05, 0) is 12.6 Å². The quantitative estimate of drug-likeness (QED) is 0.842.